The zero-order chi connectivity index (χ0) is 13.7. The van der Waals surface area contributed by atoms with Crippen LogP contribution in [0.4, 0.5) is 4.39 Å². The van der Waals surface area contributed by atoms with Crippen molar-refractivity contribution in [3.63, 3.8) is 0 Å². The van der Waals surface area contributed by atoms with Crippen molar-refractivity contribution in [2.75, 3.05) is 0 Å². The number of nitrogens with one attached hydrogen (secondary N) is 1. The first kappa shape index (κ1) is 13.5. The van der Waals surface area contributed by atoms with Crippen LogP contribution in [0.5, 0.6) is 0 Å². The van der Waals surface area contributed by atoms with Gasteiger partial charge < -0.3 is 5.32 Å². The third kappa shape index (κ3) is 3.54. The Labute approximate surface area is 116 Å². The van der Waals surface area contributed by atoms with Gasteiger partial charge in [-0.25, -0.2) is 4.39 Å². The highest BCUT2D eigenvalue weighted by Crippen LogP contribution is 2.15. The average Bonchev–Trinajstić information content (AvgIpc) is 2.42. The van der Waals surface area contributed by atoms with Crippen molar-refractivity contribution >= 4 is 11.6 Å². The lowest BCUT2D eigenvalue weighted by atomic mass is 10.1. The third-order valence-corrected chi connectivity index (χ3v) is 3.14. The van der Waals surface area contributed by atoms with Crippen molar-refractivity contribution in [3.8, 4) is 6.07 Å². The molecule has 0 saturated heterocycles. The Kier molecular flexibility index (Phi) is 4.51. The second-order valence-electron chi connectivity index (χ2n) is 4.11. The highest BCUT2D eigenvalue weighted by atomic mass is 35.5. The van der Waals surface area contributed by atoms with Crippen molar-refractivity contribution in [2.24, 2.45) is 0 Å². The summed E-state index contributed by atoms with van der Waals surface area (Å²) in [6.45, 7) is 0.960. The second kappa shape index (κ2) is 6.33. The fraction of sp³-hybridized carbons (Fsp3) is 0.133. The Morgan fingerprint density at radius 3 is 2.53 bits per heavy atom. The number of nitriles is 1. The highest BCUT2D eigenvalue weighted by molar-refractivity contribution is 6.31. The molecule has 0 spiro atoms. The number of rotatable bonds is 4. The standard InChI is InChI=1S/C15H12ClFN2/c16-14-4-2-1-3-12(14)9-19-10-13-6-5-11(8-18)7-15(13)17/h1-7,19H,9-10H2. The molecule has 19 heavy (non-hydrogen) atoms. The van der Waals surface area contributed by atoms with E-state index in [1.165, 1.54) is 6.07 Å². The average molecular weight is 275 g/mol. The van der Waals surface area contributed by atoms with Crippen molar-refractivity contribution in [1.29, 1.82) is 5.26 Å². The van der Waals surface area contributed by atoms with Crippen molar-refractivity contribution in [3.05, 3.63) is 70.0 Å². The molecule has 96 valence electrons. The molecular formula is C15H12ClFN2. The van der Waals surface area contributed by atoms with Crippen LogP contribution in [-0.4, -0.2) is 0 Å². The maximum Gasteiger partial charge on any atom is 0.129 e. The predicted molar refractivity (Wildman–Crippen MR) is 73.1 cm³/mol. The fourth-order valence-electron chi connectivity index (χ4n) is 1.73. The minimum absolute atomic E-state index is 0.326. The van der Waals surface area contributed by atoms with Gasteiger partial charge in [0.15, 0.2) is 0 Å². The predicted octanol–water partition coefficient (Wildman–Crippen LogP) is 3.64. The molecule has 0 heterocycles. The van der Waals surface area contributed by atoms with E-state index in [0.717, 1.165) is 5.56 Å². The molecule has 0 bridgehead atoms. The van der Waals surface area contributed by atoms with Gasteiger partial charge in [-0.2, -0.15) is 5.26 Å². The molecule has 4 heteroatoms. The number of nitrogens with zero attached hydrogens (tertiary/aromatic N) is 1. The lowest BCUT2D eigenvalue weighted by Gasteiger charge is -2.07. The van der Waals surface area contributed by atoms with E-state index in [4.69, 9.17) is 16.9 Å². The van der Waals surface area contributed by atoms with Crippen LogP contribution in [-0.2, 0) is 13.1 Å². The van der Waals surface area contributed by atoms with Crippen LogP contribution in [0.15, 0.2) is 42.5 Å². The smallest absolute Gasteiger partial charge is 0.129 e. The molecule has 0 aliphatic rings. The van der Waals surface area contributed by atoms with E-state index >= 15 is 0 Å². The third-order valence-electron chi connectivity index (χ3n) is 2.77. The Morgan fingerprint density at radius 1 is 1.11 bits per heavy atom. The zero-order valence-corrected chi connectivity index (χ0v) is 10.9. The van der Waals surface area contributed by atoms with Gasteiger partial charge in [0.25, 0.3) is 0 Å². The van der Waals surface area contributed by atoms with E-state index in [9.17, 15) is 4.39 Å². The summed E-state index contributed by atoms with van der Waals surface area (Å²) in [5, 5.41) is 12.5. The maximum absolute atomic E-state index is 13.6. The molecule has 2 aromatic carbocycles. The lowest BCUT2D eigenvalue weighted by molar-refractivity contribution is 0.587. The largest absolute Gasteiger partial charge is 0.308 e. The fourth-order valence-corrected chi connectivity index (χ4v) is 1.94. The van der Waals surface area contributed by atoms with E-state index in [1.54, 1.807) is 12.1 Å². The molecule has 0 amide bonds. The van der Waals surface area contributed by atoms with Crippen LogP contribution in [0, 0.1) is 17.1 Å². The Bertz CT molecular complexity index is 620. The van der Waals surface area contributed by atoms with Crippen molar-refractivity contribution in [1.82, 2.24) is 5.32 Å². The van der Waals surface area contributed by atoms with E-state index < -0.39 is 0 Å². The summed E-state index contributed by atoms with van der Waals surface area (Å²) in [6, 6.07) is 13.9. The molecule has 0 radical (unpaired) electrons. The van der Waals surface area contributed by atoms with Gasteiger partial charge in [0.05, 0.1) is 11.6 Å². The summed E-state index contributed by atoms with van der Waals surface area (Å²) in [7, 11) is 0. The van der Waals surface area contributed by atoms with E-state index in [2.05, 4.69) is 5.32 Å². The zero-order valence-electron chi connectivity index (χ0n) is 10.2. The van der Waals surface area contributed by atoms with Gasteiger partial charge in [-0.05, 0) is 23.8 Å². The van der Waals surface area contributed by atoms with Gasteiger partial charge in [-0.3, -0.25) is 0 Å². The number of halogens is 2. The minimum atomic E-state index is -0.370. The number of benzene rings is 2. The second-order valence-corrected chi connectivity index (χ2v) is 4.52. The summed E-state index contributed by atoms with van der Waals surface area (Å²) < 4.78 is 13.6. The lowest BCUT2D eigenvalue weighted by Crippen LogP contribution is -2.14. The first-order chi connectivity index (χ1) is 9.20. The van der Waals surface area contributed by atoms with Gasteiger partial charge in [0.1, 0.15) is 5.82 Å². The number of hydrogen-bond acceptors (Lipinski definition) is 2. The maximum atomic E-state index is 13.6. The van der Waals surface area contributed by atoms with Gasteiger partial charge in [-0.15, -0.1) is 0 Å². The summed E-state index contributed by atoms with van der Waals surface area (Å²) in [5.74, 6) is -0.370. The summed E-state index contributed by atoms with van der Waals surface area (Å²) in [6.07, 6.45) is 0. The molecule has 0 unspecified atom stereocenters. The molecule has 2 nitrogen and oxygen atoms in total. The van der Waals surface area contributed by atoms with E-state index in [1.807, 2.05) is 30.3 Å². The first-order valence-electron chi connectivity index (χ1n) is 5.83. The summed E-state index contributed by atoms with van der Waals surface area (Å²) >= 11 is 6.03. The van der Waals surface area contributed by atoms with Crippen molar-refractivity contribution in [2.45, 2.75) is 13.1 Å². The molecule has 0 aromatic heterocycles. The normalized spacial score (nSPS) is 10.2. The monoisotopic (exact) mass is 274 g/mol. The van der Waals surface area contributed by atoms with Crippen LogP contribution < -0.4 is 5.32 Å². The minimum Gasteiger partial charge on any atom is -0.308 e. The van der Waals surface area contributed by atoms with Gasteiger partial charge >= 0.3 is 0 Å². The molecule has 2 rings (SSSR count). The van der Waals surface area contributed by atoms with Gasteiger partial charge in [0, 0.05) is 23.7 Å². The molecule has 1 N–H and O–H groups in total. The summed E-state index contributed by atoms with van der Waals surface area (Å²) in [5.41, 5.74) is 1.83. The van der Waals surface area contributed by atoms with Crippen LogP contribution in [0.25, 0.3) is 0 Å². The van der Waals surface area contributed by atoms with Crippen LogP contribution >= 0.6 is 11.6 Å². The van der Waals surface area contributed by atoms with Gasteiger partial charge in [-0.1, -0.05) is 35.9 Å². The Morgan fingerprint density at radius 2 is 1.84 bits per heavy atom. The van der Waals surface area contributed by atoms with E-state index in [0.29, 0.717) is 29.2 Å². The van der Waals surface area contributed by atoms with Crippen LogP contribution in [0.1, 0.15) is 16.7 Å². The topological polar surface area (TPSA) is 35.8 Å². The molecule has 0 saturated carbocycles. The quantitative estimate of drug-likeness (QED) is 0.924. The van der Waals surface area contributed by atoms with Crippen LogP contribution in [0.2, 0.25) is 5.02 Å². The molecular weight excluding hydrogens is 263 g/mol. The molecule has 0 aliphatic carbocycles. The molecule has 0 aliphatic heterocycles. The van der Waals surface area contributed by atoms with Gasteiger partial charge in [0.2, 0.25) is 0 Å². The molecule has 0 atom stereocenters. The Balaban J connectivity index is 1.97. The molecule has 0 fully saturated rings. The SMILES string of the molecule is N#Cc1ccc(CNCc2ccccc2Cl)c(F)c1. The first-order valence-corrected chi connectivity index (χ1v) is 6.21. The summed E-state index contributed by atoms with van der Waals surface area (Å²) in [4.78, 5) is 0. The van der Waals surface area contributed by atoms with Crippen molar-refractivity contribution < 1.29 is 4.39 Å². The van der Waals surface area contributed by atoms with Crippen LogP contribution in [0.3, 0.4) is 0 Å². The molecule has 2 aromatic rings. The highest BCUT2D eigenvalue weighted by Gasteiger charge is 2.04. The Hall–Kier alpha value is -1.89. The van der Waals surface area contributed by atoms with E-state index in [-0.39, 0.29) is 5.82 Å². The number of hydrogen-bond donors (Lipinski definition) is 1.